The molecule has 0 amide bonds. The monoisotopic (exact) mass is 233 g/mol. The van der Waals surface area contributed by atoms with Crippen molar-refractivity contribution >= 4 is 0 Å². The number of nitrogens with one attached hydrogen (secondary N) is 1. The lowest BCUT2D eigenvalue weighted by molar-refractivity contribution is 0.558. The smallest absolute Gasteiger partial charge is 0.122 e. The van der Waals surface area contributed by atoms with Gasteiger partial charge in [0.2, 0.25) is 0 Å². The Balaban J connectivity index is 1.63. The van der Waals surface area contributed by atoms with Crippen molar-refractivity contribution in [2.45, 2.75) is 33.0 Å². The molecule has 5 nitrogen and oxygen atoms in total. The highest BCUT2D eigenvalue weighted by Gasteiger charge is 1.99. The number of aromatic nitrogens is 4. The number of hydrogen-bond donors (Lipinski definition) is 1. The fourth-order valence-corrected chi connectivity index (χ4v) is 1.80. The molecule has 2 heterocycles. The van der Waals surface area contributed by atoms with Crippen LogP contribution in [0.1, 0.15) is 19.2 Å². The summed E-state index contributed by atoms with van der Waals surface area (Å²) in [7, 11) is 0. The van der Waals surface area contributed by atoms with Crippen LogP contribution in [0.15, 0.2) is 31.1 Å². The number of aryl methyl sites for hydroxylation is 2. The van der Waals surface area contributed by atoms with Crippen LogP contribution in [0.4, 0.5) is 0 Å². The van der Waals surface area contributed by atoms with E-state index in [2.05, 4.69) is 31.3 Å². The maximum atomic E-state index is 4.32. The summed E-state index contributed by atoms with van der Waals surface area (Å²) in [5, 5.41) is 3.41. The van der Waals surface area contributed by atoms with Crippen molar-refractivity contribution in [3.63, 3.8) is 0 Å². The van der Waals surface area contributed by atoms with Crippen molar-refractivity contribution in [2.24, 2.45) is 0 Å². The quantitative estimate of drug-likeness (QED) is 0.733. The molecule has 0 saturated heterocycles. The number of nitrogens with zero attached hydrogens (tertiary/aromatic N) is 4. The Morgan fingerprint density at radius 2 is 2.24 bits per heavy atom. The van der Waals surface area contributed by atoms with E-state index in [1.54, 1.807) is 0 Å². The Morgan fingerprint density at radius 1 is 1.29 bits per heavy atom. The zero-order valence-electron chi connectivity index (χ0n) is 10.2. The molecule has 5 heteroatoms. The van der Waals surface area contributed by atoms with E-state index in [4.69, 9.17) is 0 Å². The van der Waals surface area contributed by atoms with Gasteiger partial charge in [-0.1, -0.05) is 0 Å². The van der Waals surface area contributed by atoms with Crippen LogP contribution in [0.25, 0.3) is 0 Å². The van der Waals surface area contributed by atoms with Crippen LogP contribution in [-0.4, -0.2) is 25.6 Å². The van der Waals surface area contributed by atoms with E-state index in [9.17, 15) is 0 Å². The number of rotatable bonds is 7. The summed E-state index contributed by atoms with van der Waals surface area (Å²) in [6.07, 6.45) is 10.6. The van der Waals surface area contributed by atoms with Crippen molar-refractivity contribution in [3.8, 4) is 0 Å². The molecule has 1 N–H and O–H groups in total. The van der Waals surface area contributed by atoms with Gasteiger partial charge in [-0.2, -0.15) is 0 Å². The molecule has 0 unspecified atom stereocenters. The molecule has 0 radical (unpaired) electrons. The third kappa shape index (κ3) is 3.42. The van der Waals surface area contributed by atoms with Gasteiger partial charge in [0.05, 0.1) is 12.9 Å². The van der Waals surface area contributed by atoms with Gasteiger partial charge in [0.25, 0.3) is 0 Å². The minimum Gasteiger partial charge on any atom is -0.337 e. The van der Waals surface area contributed by atoms with E-state index >= 15 is 0 Å². The Morgan fingerprint density at radius 3 is 3.00 bits per heavy atom. The second kappa shape index (κ2) is 6.20. The lowest BCUT2D eigenvalue weighted by Gasteiger charge is -2.07. The Bertz CT molecular complexity index is 418. The largest absolute Gasteiger partial charge is 0.337 e. The van der Waals surface area contributed by atoms with Gasteiger partial charge < -0.3 is 14.5 Å². The molecule has 17 heavy (non-hydrogen) atoms. The number of hydrogen-bond acceptors (Lipinski definition) is 3. The van der Waals surface area contributed by atoms with Crippen molar-refractivity contribution in [1.82, 2.24) is 24.4 Å². The average molecular weight is 233 g/mol. The zero-order valence-corrected chi connectivity index (χ0v) is 10.2. The summed E-state index contributed by atoms with van der Waals surface area (Å²) in [5.41, 5.74) is 0. The molecule has 0 spiro atoms. The summed E-state index contributed by atoms with van der Waals surface area (Å²) in [5.74, 6) is 1.11. The molecule has 2 aromatic rings. The van der Waals surface area contributed by atoms with E-state index in [0.717, 1.165) is 38.4 Å². The van der Waals surface area contributed by atoms with E-state index in [0.29, 0.717) is 0 Å². The molecule has 92 valence electrons. The molecule has 0 fully saturated rings. The van der Waals surface area contributed by atoms with Gasteiger partial charge in [-0.25, -0.2) is 9.97 Å². The standard InChI is InChI=1S/C12H19N5/c1-2-17-9-6-15-12(17)10-13-4-3-7-16-8-5-14-11-16/h5-6,8-9,11,13H,2-4,7,10H2,1H3. The molecule has 0 atom stereocenters. The van der Waals surface area contributed by atoms with Crippen molar-refractivity contribution in [1.29, 1.82) is 0 Å². The maximum absolute atomic E-state index is 4.32. The maximum Gasteiger partial charge on any atom is 0.122 e. The van der Waals surface area contributed by atoms with E-state index in [-0.39, 0.29) is 0 Å². The lowest BCUT2D eigenvalue weighted by Crippen LogP contribution is -2.19. The van der Waals surface area contributed by atoms with Gasteiger partial charge in [0, 0.05) is 37.9 Å². The van der Waals surface area contributed by atoms with Crippen LogP contribution < -0.4 is 5.32 Å². The summed E-state index contributed by atoms with van der Waals surface area (Å²) in [6.45, 7) is 5.95. The molecule has 0 aliphatic heterocycles. The first kappa shape index (κ1) is 11.9. The van der Waals surface area contributed by atoms with Crippen LogP contribution >= 0.6 is 0 Å². The Hall–Kier alpha value is -1.62. The van der Waals surface area contributed by atoms with Crippen molar-refractivity contribution < 1.29 is 0 Å². The van der Waals surface area contributed by atoms with Gasteiger partial charge in [-0.15, -0.1) is 0 Å². The van der Waals surface area contributed by atoms with Gasteiger partial charge >= 0.3 is 0 Å². The summed E-state index contributed by atoms with van der Waals surface area (Å²) >= 11 is 0. The first-order valence-corrected chi connectivity index (χ1v) is 6.06. The zero-order chi connectivity index (χ0) is 11.9. The molecule has 0 aromatic carbocycles. The first-order chi connectivity index (χ1) is 8.40. The third-order valence-corrected chi connectivity index (χ3v) is 2.75. The van der Waals surface area contributed by atoms with E-state index in [1.807, 2.05) is 31.1 Å². The third-order valence-electron chi connectivity index (χ3n) is 2.75. The predicted molar refractivity (Wildman–Crippen MR) is 66.5 cm³/mol. The highest BCUT2D eigenvalue weighted by Crippen LogP contribution is 1.96. The minimum absolute atomic E-state index is 0.838. The van der Waals surface area contributed by atoms with Crippen LogP contribution in [-0.2, 0) is 19.6 Å². The molecule has 2 rings (SSSR count). The van der Waals surface area contributed by atoms with Crippen molar-refractivity contribution in [3.05, 3.63) is 36.9 Å². The van der Waals surface area contributed by atoms with E-state index in [1.165, 1.54) is 0 Å². The molecule has 0 bridgehead atoms. The first-order valence-electron chi connectivity index (χ1n) is 6.06. The lowest BCUT2D eigenvalue weighted by atomic mass is 10.4. The summed E-state index contributed by atoms with van der Waals surface area (Å²) in [6, 6.07) is 0. The number of imidazole rings is 2. The Labute approximate surface area is 102 Å². The highest BCUT2D eigenvalue weighted by atomic mass is 15.1. The van der Waals surface area contributed by atoms with Gasteiger partial charge in [-0.3, -0.25) is 0 Å². The topological polar surface area (TPSA) is 47.7 Å². The second-order valence-corrected chi connectivity index (χ2v) is 3.96. The fraction of sp³-hybridized carbons (Fsp3) is 0.500. The molecular weight excluding hydrogens is 214 g/mol. The molecule has 2 aromatic heterocycles. The van der Waals surface area contributed by atoms with Crippen LogP contribution in [0.5, 0.6) is 0 Å². The summed E-state index contributed by atoms with van der Waals surface area (Å²) < 4.78 is 4.25. The summed E-state index contributed by atoms with van der Waals surface area (Å²) in [4.78, 5) is 8.33. The van der Waals surface area contributed by atoms with E-state index < -0.39 is 0 Å². The van der Waals surface area contributed by atoms with Gasteiger partial charge in [0.1, 0.15) is 5.82 Å². The van der Waals surface area contributed by atoms with Gasteiger partial charge in [-0.05, 0) is 19.9 Å². The van der Waals surface area contributed by atoms with Crippen LogP contribution in [0.2, 0.25) is 0 Å². The molecular formula is C12H19N5. The van der Waals surface area contributed by atoms with Crippen LogP contribution in [0.3, 0.4) is 0 Å². The van der Waals surface area contributed by atoms with Crippen molar-refractivity contribution in [2.75, 3.05) is 6.54 Å². The average Bonchev–Trinajstić information content (AvgIpc) is 2.98. The molecule has 0 aliphatic carbocycles. The predicted octanol–water partition coefficient (Wildman–Crippen LogP) is 1.28. The Kier molecular flexibility index (Phi) is 4.32. The molecule has 0 aliphatic rings. The fourth-order valence-electron chi connectivity index (χ4n) is 1.80. The van der Waals surface area contributed by atoms with Crippen LogP contribution in [0, 0.1) is 0 Å². The van der Waals surface area contributed by atoms with Gasteiger partial charge in [0.15, 0.2) is 0 Å². The normalized spacial score (nSPS) is 10.9. The second-order valence-electron chi connectivity index (χ2n) is 3.96. The molecule has 0 saturated carbocycles. The SMILES string of the molecule is CCn1ccnc1CNCCCn1ccnc1. The minimum atomic E-state index is 0.838. The highest BCUT2D eigenvalue weighted by molar-refractivity contribution is 4.91.